The first kappa shape index (κ1) is 27.6. The zero-order valence-electron chi connectivity index (χ0n) is 21.0. The highest BCUT2D eigenvalue weighted by atomic mass is 16.5. The van der Waals surface area contributed by atoms with Crippen LogP contribution in [0.3, 0.4) is 0 Å². The van der Waals surface area contributed by atoms with Crippen LogP contribution in [-0.4, -0.2) is 18.5 Å². The summed E-state index contributed by atoms with van der Waals surface area (Å²) in [6.07, 6.45) is 15.1. The van der Waals surface area contributed by atoms with Gasteiger partial charge in [-0.05, 0) is 24.5 Å². The second-order valence-electron chi connectivity index (χ2n) is 9.07. The molecule has 0 heterocycles. The average molecular weight is 466 g/mol. The minimum absolute atomic E-state index is 0.0819. The molecule has 4 nitrogen and oxygen atoms in total. The number of hydrogen-bond donors (Lipinski definition) is 1. The standard InChI is InChI=1S/C30H43NO3/c1-2-3-4-5-6-7-8-9-10-11-17-25-34-30(33)24-18-23-29(32)31-28-22-16-15-21-27(28)26-19-13-12-14-20-26/h12-16,19-22H,2-11,17-18,23-25H2,1H3,(H,31,32). The number of nitrogens with one attached hydrogen (secondary N) is 1. The Hall–Kier alpha value is -2.62. The van der Waals surface area contributed by atoms with Crippen molar-refractivity contribution in [3.05, 3.63) is 54.6 Å². The predicted molar refractivity (Wildman–Crippen MR) is 142 cm³/mol. The lowest BCUT2D eigenvalue weighted by Crippen LogP contribution is -2.13. The Labute approximate surface area is 206 Å². The second-order valence-corrected chi connectivity index (χ2v) is 9.07. The van der Waals surface area contributed by atoms with Gasteiger partial charge < -0.3 is 10.1 Å². The lowest BCUT2D eigenvalue weighted by atomic mass is 10.0. The molecular weight excluding hydrogens is 422 g/mol. The van der Waals surface area contributed by atoms with E-state index in [0.717, 1.165) is 29.7 Å². The highest BCUT2D eigenvalue weighted by Crippen LogP contribution is 2.27. The molecule has 0 atom stereocenters. The first-order chi connectivity index (χ1) is 16.7. The first-order valence-corrected chi connectivity index (χ1v) is 13.3. The van der Waals surface area contributed by atoms with E-state index in [1.165, 1.54) is 57.8 Å². The molecule has 0 aromatic heterocycles. The number of amides is 1. The van der Waals surface area contributed by atoms with E-state index >= 15 is 0 Å². The molecule has 2 aromatic rings. The molecule has 0 unspecified atom stereocenters. The third-order valence-corrected chi connectivity index (χ3v) is 6.08. The van der Waals surface area contributed by atoms with Gasteiger partial charge >= 0.3 is 5.97 Å². The van der Waals surface area contributed by atoms with Crippen LogP contribution >= 0.6 is 0 Å². The van der Waals surface area contributed by atoms with Crippen LogP contribution in [0.2, 0.25) is 0 Å². The molecule has 2 rings (SSSR count). The van der Waals surface area contributed by atoms with Gasteiger partial charge in [-0.25, -0.2) is 0 Å². The van der Waals surface area contributed by atoms with E-state index in [0.29, 0.717) is 19.4 Å². The summed E-state index contributed by atoms with van der Waals surface area (Å²) in [6, 6.07) is 17.8. The van der Waals surface area contributed by atoms with E-state index in [1.807, 2.05) is 54.6 Å². The quantitative estimate of drug-likeness (QED) is 0.178. The van der Waals surface area contributed by atoms with Crippen LogP contribution in [0.4, 0.5) is 5.69 Å². The highest BCUT2D eigenvalue weighted by Gasteiger charge is 2.10. The first-order valence-electron chi connectivity index (χ1n) is 13.3. The zero-order valence-corrected chi connectivity index (χ0v) is 21.0. The van der Waals surface area contributed by atoms with Crippen molar-refractivity contribution in [1.82, 2.24) is 0 Å². The third-order valence-electron chi connectivity index (χ3n) is 6.08. The Morgan fingerprint density at radius 3 is 1.94 bits per heavy atom. The van der Waals surface area contributed by atoms with Crippen molar-refractivity contribution < 1.29 is 14.3 Å². The van der Waals surface area contributed by atoms with Gasteiger partial charge in [-0.1, -0.05) is 120 Å². The van der Waals surface area contributed by atoms with E-state index in [1.54, 1.807) is 0 Å². The van der Waals surface area contributed by atoms with E-state index in [2.05, 4.69) is 12.2 Å². The van der Waals surface area contributed by atoms with Gasteiger partial charge in [0.2, 0.25) is 5.91 Å². The maximum atomic E-state index is 12.4. The number of benzene rings is 2. The molecule has 0 aliphatic rings. The van der Waals surface area contributed by atoms with Crippen molar-refractivity contribution in [2.24, 2.45) is 0 Å². The lowest BCUT2D eigenvalue weighted by Gasteiger charge is -2.11. The summed E-state index contributed by atoms with van der Waals surface area (Å²) in [7, 11) is 0. The van der Waals surface area contributed by atoms with Gasteiger partial charge in [0.1, 0.15) is 0 Å². The van der Waals surface area contributed by atoms with Crippen LogP contribution in [0, 0.1) is 0 Å². The van der Waals surface area contributed by atoms with Gasteiger partial charge in [0.15, 0.2) is 0 Å². The fraction of sp³-hybridized carbons (Fsp3) is 0.533. The number of esters is 1. The van der Waals surface area contributed by atoms with Crippen molar-refractivity contribution in [1.29, 1.82) is 0 Å². The Bertz CT molecular complexity index is 819. The largest absolute Gasteiger partial charge is 0.466 e. The molecular formula is C30H43NO3. The van der Waals surface area contributed by atoms with Crippen LogP contribution in [0.1, 0.15) is 96.8 Å². The minimum Gasteiger partial charge on any atom is -0.466 e. The monoisotopic (exact) mass is 465 g/mol. The Kier molecular flexibility index (Phi) is 14.5. The molecule has 0 saturated carbocycles. The normalized spacial score (nSPS) is 10.7. The zero-order chi connectivity index (χ0) is 24.3. The smallest absolute Gasteiger partial charge is 0.305 e. The Morgan fingerprint density at radius 1 is 0.676 bits per heavy atom. The van der Waals surface area contributed by atoms with E-state index in [9.17, 15) is 9.59 Å². The predicted octanol–water partition coefficient (Wildman–Crippen LogP) is 8.32. The van der Waals surface area contributed by atoms with Crippen LogP contribution < -0.4 is 5.32 Å². The summed E-state index contributed by atoms with van der Waals surface area (Å²) in [5.74, 6) is -0.286. The van der Waals surface area contributed by atoms with Crippen LogP contribution in [0.25, 0.3) is 11.1 Å². The highest BCUT2D eigenvalue weighted by molar-refractivity contribution is 5.95. The van der Waals surface area contributed by atoms with Gasteiger partial charge in [0.25, 0.3) is 0 Å². The molecule has 0 bridgehead atoms. The Morgan fingerprint density at radius 2 is 1.26 bits per heavy atom. The lowest BCUT2D eigenvalue weighted by molar-refractivity contribution is -0.143. The van der Waals surface area contributed by atoms with Crippen molar-refractivity contribution >= 4 is 17.6 Å². The number of carbonyl (C=O) groups excluding carboxylic acids is 2. The summed E-state index contributed by atoms with van der Waals surface area (Å²) in [6.45, 7) is 2.75. The number of ether oxygens (including phenoxy) is 1. The summed E-state index contributed by atoms with van der Waals surface area (Å²) in [4.78, 5) is 24.3. The van der Waals surface area contributed by atoms with Crippen LogP contribution in [0.15, 0.2) is 54.6 Å². The molecule has 0 aliphatic heterocycles. The molecule has 1 amide bonds. The van der Waals surface area contributed by atoms with Crippen molar-refractivity contribution in [3.63, 3.8) is 0 Å². The molecule has 2 aromatic carbocycles. The van der Waals surface area contributed by atoms with Crippen LogP contribution in [-0.2, 0) is 14.3 Å². The van der Waals surface area contributed by atoms with Crippen molar-refractivity contribution in [2.75, 3.05) is 11.9 Å². The van der Waals surface area contributed by atoms with Crippen molar-refractivity contribution in [2.45, 2.75) is 96.8 Å². The maximum Gasteiger partial charge on any atom is 0.305 e. The number of unbranched alkanes of at least 4 members (excludes halogenated alkanes) is 10. The fourth-order valence-corrected chi connectivity index (χ4v) is 4.09. The van der Waals surface area contributed by atoms with Gasteiger partial charge in [-0.3, -0.25) is 9.59 Å². The number of para-hydroxylation sites is 1. The van der Waals surface area contributed by atoms with Gasteiger partial charge in [0.05, 0.1) is 6.61 Å². The van der Waals surface area contributed by atoms with E-state index in [-0.39, 0.29) is 18.3 Å². The molecule has 186 valence electrons. The van der Waals surface area contributed by atoms with Gasteiger partial charge in [-0.2, -0.15) is 0 Å². The van der Waals surface area contributed by atoms with E-state index < -0.39 is 0 Å². The van der Waals surface area contributed by atoms with E-state index in [4.69, 9.17) is 4.74 Å². The molecule has 0 aliphatic carbocycles. The number of anilines is 1. The molecule has 0 spiro atoms. The minimum atomic E-state index is -0.204. The maximum absolute atomic E-state index is 12.4. The third kappa shape index (κ3) is 12.0. The Balaban J connectivity index is 1.50. The van der Waals surface area contributed by atoms with Gasteiger partial charge in [0, 0.05) is 24.1 Å². The molecule has 4 heteroatoms. The topological polar surface area (TPSA) is 55.4 Å². The number of rotatable bonds is 18. The van der Waals surface area contributed by atoms with Crippen LogP contribution in [0.5, 0.6) is 0 Å². The number of carbonyl (C=O) groups is 2. The summed E-state index contributed by atoms with van der Waals surface area (Å²) in [5.41, 5.74) is 2.84. The van der Waals surface area contributed by atoms with Crippen molar-refractivity contribution in [3.8, 4) is 11.1 Å². The summed E-state index contributed by atoms with van der Waals surface area (Å²) >= 11 is 0. The average Bonchev–Trinajstić information content (AvgIpc) is 2.85. The molecule has 0 saturated heterocycles. The summed E-state index contributed by atoms with van der Waals surface area (Å²) < 4.78 is 5.33. The van der Waals surface area contributed by atoms with Gasteiger partial charge in [-0.15, -0.1) is 0 Å². The molecule has 1 N–H and O–H groups in total. The summed E-state index contributed by atoms with van der Waals surface area (Å²) in [5, 5.41) is 2.99. The second kappa shape index (κ2) is 17.8. The molecule has 0 fully saturated rings. The SMILES string of the molecule is CCCCCCCCCCCCCOC(=O)CCCC(=O)Nc1ccccc1-c1ccccc1. The molecule has 34 heavy (non-hydrogen) atoms. The molecule has 0 radical (unpaired) electrons. The fourth-order valence-electron chi connectivity index (χ4n) is 4.09. The number of hydrogen-bond acceptors (Lipinski definition) is 3.